The number of hydrogen-bond donors (Lipinski definition) is 0. The van der Waals surface area contributed by atoms with Crippen LogP contribution in [-0.4, -0.2) is 47.0 Å². The largest absolute Gasteiger partial charge is 0.257 e. The van der Waals surface area contributed by atoms with Gasteiger partial charge in [-0.1, -0.05) is 0 Å². The molecule has 0 N–H and O–H groups in total. The molecule has 0 saturated carbocycles. The number of thiazole rings is 1. The van der Waals surface area contributed by atoms with E-state index in [1.54, 1.807) is 28.0 Å². The van der Waals surface area contributed by atoms with Crippen LogP contribution in [0.25, 0.3) is 10.6 Å². The third kappa shape index (κ3) is 3.76. The molecule has 1 fully saturated rings. The van der Waals surface area contributed by atoms with Crippen LogP contribution in [0, 0.1) is 12.8 Å². The fourth-order valence-electron chi connectivity index (χ4n) is 3.00. The van der Waals surface area contributed by atoms with Crippen molar-refractivity contribution in [1.82, 2.24) is 19.3 Å². The van der Waals surface area contributed by atoms with E-state index in [-0.39, 0.29) is 5.92 Å². The number of hydrogen-bond acceptors (Lipinski definition) is 6. The molecule has 0 radical (unpaired) electrons. The van der Waals surface area contributed by atoms with Crippen molar-refractivity contribution in [3.63, 3.8) is 0 Å². The molecule has 1 aliphatic heterocycles. The van der Waals surface area contributed by atoms with E-state index in [0.717, 1.165) is 41.2 Å². The van der Waals surface area contributed by atoms with Gasteiger partial charge in [0.05, 0.1) is 28.0 Å². The van der Waals surface area contributed by atoms with Gasteiger partial charge in [0.15, 0.2) is 0 Å². The molecular weight excluding hydrogens is 332 g/mol. The number of aromatic nitrogens is 3. The standard InChI is InChI=1S/C15H20N4O2S2/c1-11-15(22-10-18-11)14-13(16-5-6-17-14)8-12-4-3-7-19(9-12)23(2,20)21/h5-6,10,12H,3-4,7-9H2,1-2H3/t12-/m1/s1. The Kier molecular flexibility index (Phi) is 4.74. The fraction of sp³-hybridized carbons (Fsp3) is 0.533. The van der Waals surface area contributed by atoms with Gasteiger partial charge in [0.1, 0.15) is 5.69 Å². The van der Waals surface area contributed by atoms with E-state index >= 15 is 0 Å². The highest BCUT2D eigenvalue weighted by Gasteiger charge is 2.27. The average molecular weight is 352 g/mol. The van der Waals surface area contributed by atoms with E-state index in [9.17, 15) is 8.42 Å². The second-order valence-electron chi connectivity index (χ2n) is 5.95. The zero-order valence-electron chi connectivity index (χ0n) is 13.3. The molecular formula is C15H20N4O2S2. The van der Waals surface area contributed by atoms with Crippen LogP contribution in [0.5, 0.6) is 0 Å². The Balaban J connectivity index is 1.82. The minimum Gasteiger partial charge on any atom is -0.257 e. The second-order valence-corrected chi connectivity index (χ2v) is 8.79. The Morgan fingerprint density at radius 1 is 1.30 bits per heavy atom. The lowest BCUT2D eigenvalue weighted by Gasteiger charge is -2.30. The van der Waals surface area contributed by atoms with Crippen molar-refractivity contribution < 1.29 is 8.42 Å². The molecule has 0 unspecified atom stereocenters. The molecule has 0 spiro atoms. The lowest BCUT2D eigenvalue weighted by Crippen LogP contribution is -2.39. The molecule has 1 aliphatic rings. The third-order valence-corrected chi connectivity index (χ3v) is 6.37. The van der Waals surface area contributed by atoms with Crippen LogP contribution >= 0.6 is 11.3 Å². The molecule has 6 nitrogen and oxygen atoms in total. The summed E-state index contributed by atoms with van der Waals surface area (Å²) < 4.78 is 25.1. The minimum absolute atomic E-state index is 0.280. The number of nitrogens with zero attached hydrogens (tertiary/aromatic N) is 4. The lowest BCUT2D eigenvalue weighted by atomic mass is 9.93. The highest BCUT2D eigenvalue weighted by atomic mass is 32.2. The molecule has 124 valence electrons. The van der Waals surface area contributed by atoms with Gasteiger partial charge in [0, 0.05) is 25.5 Å². The maximum Gasteiger partial charge on any atom is 0.211 e. The molecule has 0 aromatic carbocycles. The van der Waals surface area contributed by atoms with Gasteiger partial charge in [-0.05, 0) is 32.1 Å². The quantitative estimate of drug-likeness (QED) is 0.842. The van der Waals surface area contributed by atoms with Gasteiger partial charge in [-0.3, -0.25) is 9.97 Å². The summed E-state index contributed by atoms with van der Waals surface area (Å²) in [7, 11) is -3.12. The van der Waals surface area contributed by atoms with Crippen LogP contribution < -0.4 is 0 Å². The predicted molar refractivity (Wildman–Crippen MR) is 90.7 cm³/mol. The van der Waals surface area contributed by atoms with Crippen molar-refractivity contribution in [2.45, 2.75) is 26.2 Å². The zero-order chi connectivity index (χ0) is 16.4. The Morgan fingerprint density at radius 2 is 2.09 bits per heavy atom. The molecule has 0 aliphatic carbocycles. The van der Waals surface area contributed by atoms with Crippen LogP contribution in [0.2, 0.25) is 0 Å². The van der Waals surface area contributed by atoms with Gasteiger partial charge in [-0.25, -0.2) is 17.7 Å². The Morgan fingerprint density at radius 3 is 2.78 bits per heavy atom. The minimum atomic E-state index is -3.12. The number of sulfonamides is 1. The van der Waals surface area contributed by atoms with Crippen LogP contribution in [-0.2, 0) is 16.4 Å². The number of aryl methyl sites for hydroxylation is 1. The molecule has 3 heterocycles. The summed E-state index contributed by atoms with van der Waals surface area (Å²) in [5.74, 6) is 0.280. The van der Waals surface area contributed by atoms with Gasteiger partial charge >= 0.3 is 0 Å². The first-order valence-corrected chi connectivity index (χ1v) is 10.3. The van der Waals surface area contributed by atoms with Gasteiger partial charge in [0.25, 0.3) is 0 Å². The fourth-order valence-corrected chi connectivity index (χ4v) is 4.77. The molecule has 8 heteroatoms. The highest BCUT2D eigenvalue weighted by molar-refractivity contribution is 7.88. The monoisotopic (exact) mass is 352 g/mol. The highest BCUT2D eigenvalue weighted by Crippen LogP contribution is 2.30. The lowest BCUT2D eigenvalue weighted by molar-refractivity contribution is 0.265. The average Bonchev–Trinajstić information content (AvgIpc) is 2.93. The third-order valence-electron chi connectivity index (χ3n) is 4.17. The predicted octanol–water partition coefficient (Wildman–Crippen LogP) is 2.12. The van der Waals surface area contributed by atoms with Crippen LogP contribution in [0.15, 0.2) is 17.9 Å². The van der Waals surface area contributed by atoms with Gasteiger partial charge < -0.3 is 0 Å². The van der Waals surface area contributed by atoms with Crippen molar-refractivity contribution in [2.75, 3.05) is 19.3 Å². The van der Waals surface area contributed by atoms with Crippen molar-refractivity contribution >= 4 is 21.4 Å². The molecule has 2 aromatic heterocycles. The molecule has 1 atom stereocenters. The van der Waals surface area contributed by atoms with Crippen molar-refractivity contribution in [1.29, 1.82) is 0 Å². The topological polar surface area (TPSA) is 76.1 Å². The van der Waals surface area contributed by atoms with E-state index in [4.69, 9.17) is 0 Å². The molecule has 23 heavy (non-hydrogen) atoms. The number of rotatable bonds is 4. The van der Waals surface area contributed by atoms with Gasteiger partial charge in [-0.2, -0.15) is 0 Å². The maximum atomic E-state index is 11.8. The first-order valence-electron chi connectivity index (χ1n) is 7.60. The summed E-state index contributed by atoms with van der Waals surface area (Å²) in [6.45, 7) is 3.16. The van der Waals surface area contributed by atoms with E-state index in [2.05, 4.69) is 15.0 Å². The summed E-state index contributed by atoms with van der Waals surface area (Å²) in [6.07, 6.45) is 7.33. The molecule has 1 saturated heterocycles. The van der Waals surface area contributed by atoms with Crippen molar-refractivity contribution in [3.05, 3.63) is 29.3 Å². The normalized spacial score (nSPS) is 19.8. The molecule has 2 aromatic rings. The van der Waals surface area contributed by atoms with Crippen molar-refractivity contribution in [3.8, 4) is 10.6 Å². The SMILES string of the molecule is Cc1ncsc1-c1nccnc1C[C@H]1CCCN(S(C)(=O)=O)C1. The van der Waals surface area contributed by atoms with E-state index in [0.29, 0.717) is 13.1 Å². The van der Waals surface area contributed by atoms with Gasteiger partial charge in [-0.15, -0.1) is 11.3 Å². The van der Waals surface area contributed by atoms with Crippen LogP contribution in [0.4, 0.5) is 0 Å². The first kappa shape index (κ1) is 16.5. The Hall–Kier alpha value is -1.38. The summed E-state index contributed by atoms with van der Waals surface area (Å²) in [4.78, 5) is 14.3. The Labute approximate surface area is 140 Å². The second kappa shape index (κ2) is 6.62. The van der Waals surface area contributed by atoms with Crippen LogP contribution in [0.1, 0.15) is 24.2 Å². The first-order chi connectivity index (χ1) is 10.9. The maximum absolute atomic E-state index is 11.8. The molecule has 0 bridgehead atoms. The summed E-state index contributed by atoms with van der Waals surface area (Å²) in [5, 5.41) is 0. The van der Waals surface area contributed by atoms with E-state index in [1.807, 2.05) is 12.4 Å². The number of piperidine rings is 1. The van der Waals surface area contributed by atoms with Crippen LogP contribution in [0.3, 0.4) is 0 Å². The van der Waals surface area contributed by atoms with E-state index in [1.165, 1.54) is 6.26 Å². The summed E-state index contributed by atoms with van der Waals surface area (Å²) in [6, 6.07) is 0. The van der Waals surface area contributed by atoms with Crippen molar-refractivity contribution in [2.24, 2.45) is 5.92 Å². The molecule has 3 rings (SSSR count). The summed E-state index contributed by atoms with van der Waals surface area (Å²) in [5.41, 5.74) is 4.58. The zero-order valence-corrected chi connectivity index (χ0v) is 14.9. The van der Waals surface area contributed by atoms with E-state index < -0.39 is 10.0 Å². The van der Waals surface area contributed by atoms with Gasteiger partial charge in [0.2, 0.25) is 10.0 Å². The summed E-state index contributed by atoms with van der Waals surface area (Å²) >= 11 is 1.56. The smallest absolute Gasteiger partial charge is 0.211 e. The Bertz CT molecular complexity index is 788. The molecule has 0 amide bonds.